The van der Waals surface area contributed by atoms with Gasteiger partial charge in [-0.3, -0.25) is 9.88 Å². The number of carbonyl (C=O) groups excluding carboxylic acids is 1. The van der Waals surface area contributed by atoms with Crippen molar-refractivity contribution in [1.29, 1.82) is 5.26 Å². The van der Waals surface area contributed by atoms with Gasteiger partial charge in [-0.15, -0.1) is 0 Å². The van der Waals surface area contributed by atoms with Gasteiger partial charge >= 0.3 is 5.97 Å². The Morgan fingerprint density at radius 3 is 2.74 bits per heavy atom. The lowest BCUT2D eigenvalue weighted by Crippen LogP contribution is -2.59. The molecule has 0 bridgehead atoms. The summed E-state index contributed by atoms with van der Waals surface area (Å²) >= 11 is 6.08. The van der Waals surface area contributed by atoms with Gasteiger partial charge in [0.1, 0.15) is 11.5 Å². The number of aromatic nitrogens is 3. The van der Waals surface area contributed by atoms with E-state index in [4.69, 9.17) is 35.5 Å². The van der Waals surface area contributed by atoms with E-state index in [-0.39, 0.29) is 12.1 Å². The molecule has 3 fully saturated rings. The highest BCUT2D eigenvalue weighted by molar-refractivity contribution is 6.30. The van der Waals surface area contributed by atoms with Crippen LogP contribution in [0.15, 0.2) is 54.7 Å². The molecule has 3 atom stereocenters. The summed E-state index contributed by atoms with van der Waals surface area (Å²) in [4.78, 5) is 26.6. The van der Waals surface area contributed by atoms with E-state index in [0.29, 0.717) is 54.1 Å². The van der Waals surface area contributed by atoms with E-state index in [0.717, 1.165) is 48.5 Å². The maximum atomic E-state index is 12.4. The van der Waals surface area contributed by atoms with Crippen LogP contribution >= 0.6 is 11.6 Å². The molecule has 11 nitrogen and oxygen atoms in total. The summed E-state index contributed by atoms with van der Waals surface area (Å²) in [6.45, 7) is 5.69. The first-order valence-corrected chi connectivity index (χ1v) is 15.9. The van der Waals surface area contributed by atoms with Crippen LogP contribution in [-0.4, -0.2) is 70.9 Å². The SMILES string of the molecule is COC(=O)c1ccc2nc(CN3CCN(c4cccc5c4OC(C)(c4ccc(Cl)cn4)O5)[C@@H]4COC[C@@H]43)n(CC3(C#N)CC3)c2c1. The molecule has 8 rings (SSSR count). The third-order valence-corrected chi connectivity index (χ3v) is 9.95. The molecular formula is C34H33ClN6O5. The van der Waals surface area contributed by atoms with Crippen molar-refractivity contribution in [2.75, 3.05) is 38.3 Å². The minimum atomic E-state index is -1.08. The second-order valence-corrected chi connectivity index (χ2v) is 13.1. The minimum absolute atomic E-state index is 0.0852. The van der Waals surface area contributed by atoms with E-state index in [1.807, 2.05) is 37.3 Å². The number of anilines is 1. The number of pyridine rings is 1. The number of esters is 1. The zero-order valence-corrected chi connectivity index (χ0v) is 26.4. The van der Waals surface area contributed by atoms with Crippen LogP contribution in [0.4, 0.5) is 5.69 Å². The lowest BCUT2D eigenvalue weighted by molar-refractivity contribution is -0.0716. The zero-order valence-electron chi connectivity index (χ0n) is 25.6. The Morgan fingerprint density at radius 1 is 1.13 bits per heavy atom. The van der Waals surface area contributed by atoms with E-state index < -0.39 is 17.2 Å². The van der Waals surface area contributed by atoms with Gasteiger partial charge in [0.25, 0.3) is 5.79 Å². The van der Waals surface area contributed by atoms with Crippen molar-refractivity contribution in [2.24, 2.45) is 5.41 Å². The number of fused-ring (bicyclic) bond motifs is 3. The van der Waals surface area contributed by atoms with Crippen molar-refractivity contribution in [3.8, 4) is 17.6 Å². The maximum Gasteiger partial charge on any atom is 0.337 e. The Balaban J connectivity index is 1.08. The Bertz CT molecular complexity index is 1890. The fraction of sp³-hybridized carbons (Fsp3) is 0.412. The van der Waals surface area contributed by atoms with Crippen LogP contribution in [0.25, 0.3) is 11.0 Å². The number of hydrogen-bond donors (Lipinski definition) is 0. The molecule has 1 unspecified atom stereocenters. The van der Waals surface area contributed by atoms with Gasteiger partial charge in [-0.25, -0.2) is 9.78 Å². The number of halogens is 1. The molecule has 2 saturated heterocycles. The van der Waals surface area contributed by atoms with Crippen LogP contribution in [0.1, 0.15) is 41.6 Å². The zero-order chi connectivity index (χ0) is 31.6. The van der Waals surface area contributed by atoms with Gasteiger partial charge in [0.15, 0.2) is 11.5 Å². The molecule has 2 aromatic heterocycles. The highest BCUT2D eigenvalue weighted by atomic mass is 35.5. The molecule has 1 saturated carbocycles. The molecule has 0 N–H and O–H groups in total. The first kappa shape index (κ1) is 29.1. The average molecular weight is 641 g/mol. The molecule has 4 aromatic rings. The molecule has 0 radical (unpaired) electrons. The van der Waals surface area contributed by atoms with Gasteiger partial charge in [0.2, 0.25) is 0 Å². The van der Waals surface area contributed by atoms with Gasteiger partial charge in [-0.2, -0.15) is 5.26 Å². The standard InChI is InChI=1S/C34H33ClN6O5/c1-33(29-9-7-22(35)15-37-29)45-28-5-3-4-24(31(28)46-33)40-13-12-39(26-17-44-18-27(26)40)16-30-38-23-8-6-21(32(42)43-2)14-25(23)41(30)20-34(19-36)10-11-34/h3-9,14-15,26-27H,10-13,16-18,20H2,1-2H3/t26-,27+,33?/m0/s1. The molecular weight excluding hydrogens is 608 g/mol. The van der Waals surface area contributed by atoms with Crippen molar-refractivity contribution >= 4 is 34.3 Å². The Morgan fingerprint density at radius 2 is 1.98 bits per heavy atom. The Hall–Kier alpha value is -4.37. The number of nitrogens with zero attached hydrogens (tertiary/aromatic N) is 6. The normalized spacial score (nSPS) is 24.5. The van der Waals surface area contributed by atoms with Crippen molar-refractivity contribution in [2.45, 2.75) is 50.7 Å². The lowest BCUT2D eigenvalue weighted by atomic mass is 10.0. The number of benzene rings is 2. The Kier molecular flexibility index (Phi) is 6.86. The minimum Gasteiger partial charge on any atom is -0.465 e. The van der Waals surface area contributed by atoms with Crippen molar-refractivity contribution < 1.29 is 23.7 Å². The van der Waals surface area contributed by atoms with E-state index in [2.05, 4.69) is 31.5 Å². The maximum absolute atomic E-state index is 12.4. The first-order chi connectivity index (χ1) is 22.3. The number of ether oxygens (including phenoxy) is 4. The number of nitriles is 1. The summed E-state index contributed by atoms with van der Waals surface area (Å²) in [5.41, 5.74) is 3.30. The number of piperazine rings is 1. The summed E-state index contributed by atoms with van der Waals surface area (Å²) in [7, 11) is 1.38. The van der Waals surface area contributed by atoms with Crippen LogP contribution in [0.5, 0.6) is 11.5 Å². The van der Waals surface area contributed by atoms with Gasteiger partial charge in [0, 0.05) is 32.8 Å². The highest BCUT2D eigenvalue weighted by Crippen LogP contribution is 2.50. The predicted molar refractivity (Wildman–Crippen MR) is 169 cm³/mol. The fourth-order valence-electron chi connectivity index (χ4n) is 6.98. The molecule has 236 valence electrons. The molecule has 4 aliphatic rings. The lowest BCUT2D eigenvalue weighted by Gasteiger charge is -2.44. The predicted octanol–water partition coefficient (Wildman–Crippen LogP) is 4.91. The van der Waals surface area contributed by atoms with E-state index in [9.17, 15) is 10.1 Å². The smallest absolute Gasteiger partial charge is 0.337 e. The molecule has 2 aromatic carbocycles. The number of rotatable bonds is 7. The van der Waals surface area contributed by atoms with Crippen LogP contribution in [-0.2, 0) is 28.4 Å². The topological polar surface area (TPSA) is 115 Å². The summed E-state index contributed by atoms with van der Waals surface area (Å²) in [5.74, 6) is 0.759. The second kappa shape index (κ2) is 10.9. The summed E-state index contributed by atoms with van der Waals surface area (Å²) in [6.07, 6.45) is 3.31. The average Bonchev–Trinajstić information content (AvgIpc) is 3.34. The number of carbonyl (C=O) groups is 1. The van der Waals surface area contributed by atoms with E-state index >= 15 is 0 Å². The van der Waals surface area contributed by atoms with Crippen LogP contribution in [0.2, 0.25) is 5.02 Å². The molecule has 12 heteroatoms. The first-order valence-electron chi connectivity index (χ1n) is 15.5. The van der Waals surface area contributed by atoms with Crippen LogP contribution < -0.4 is 14.4 Å². The number of imidazole rings is 1. The fourth-order valence-corrected chi connectivity index (χ4v) is 7.10. The van der Waals surface area contributed by atoms with Gasteiger partial charge in [-0.05, 0) is 55.3 Å². The largest absolute Gasteiger partial charge is 0.465 e. The molecule has 0 amide bonds. The quantitative estimate of drug-likeness (QED) is 0.258. The summed E-state index contributed by atoms with van der Waals surface area (Å²) in [6, 6.07) is 17.7. The molecule has 0 spiro atoms. The van der Waals surface area contributed by atoms with Crippen molar-refractivity contribution in [1.82, 2.24) is 19.4 Å². The molecule has 1 aliphatic carbocycles. The Labute approximate surface area is 271 Å². The van der Waals surface area contributed by atoms with E-state index in [1.54, 1.807) is 18.3 Å². The van der Waals surface area contributed by atoms with Gasteiger partial charge in [0.05, 0.1) is 77.7 Å². The second-order valence-electron chi connectivity index (χ2n) is 12.7. The molecule has 5 heterocycles. The monoisotopic (exact) mass is 640 g/mol. The van der Waals surface area contributed by atoms with Crippen LogP contribution in [0, 0.1) is 16.7 Å². The van der Waals surface area contributed by atoms with Crippen LogP contribution in [0.3, 0.4) is 0 Å². The summed E-state index contributed by atoms with van der Waals surface area (Å²) < 4.78 is 26.1. The van der Waals surface area contributed by atoms with Gasteiger partial charge < -0.3 is 28.4 Å². The highest BCUT2D eigenvalue weighted by Gasteiger charge is 2.47. The molecule has 46 heavy (non-hydrogen) atoms. The summed E-state index contributed by atoms with van der Waals surface area (Å²) in [5, 5.41) is 10.5. The van der Waals surface area contributed by atoms with Crippen molar-refractivity contribution in [3.63, 3.8) is 0 Å². The van der Waals surface area contributed by atoms with Crippen molar-refractivity contribution in [3.05, 3.63) is 76.8 Å². The number of methoxy groups -OCH3 is 1. The number of para-hydroxylation sites is 1. The van der Waals surface area contributed by atoms with Gasteiger partial charge in [-0.1, -0.05) is 17.7 Å². The number of hydrogen-bond acceptors (Lipinski definition) is 10. The molecule has 3 aliphatic heterocycles. The third-order valence-electron chi connectivity index (χ3n) is 9.72. The third kappa shape index (κ3) is 4.83. The van der Waals surface area contributed by atoms with E-state index in [1.165, 1.54) is 7.11 Å².